The van der Waals surface area contributed by atoms with Crippen LogP contribution in [0.15, 0.2) is 47.5 Å². The molecular weight excluding hydrogens is 444 g/mol. The summed E-state index contributed by atoms with van der Waals surface area (Å²) in [5.74, 6) is -3.53. The molecule has 2 aromatic carbocycles. The van der Waals surface area contributed by atoms with Crippen molar-refractivity contribution in [2.45, 2.75) is 20.8 Å². The summed E-state index contributed by atoms with van der Waals surface area (Å²) in [4.78, 5) is 66.0. The van der Waals surface area contributed by atoms with E-state index in [1.165, 1.54) is 40.0 Å². The Hall–Kier alpha value is -4.67. The average Bonchev–Trinajstić information content (AvgIpc) is 2.78. The number of amides is 4. The quantitative estimate of drug-likeness (QED) is 0.408. The SMILES string of the molecule is CC(=O)Oc1cc(C(=O)N=C2C(=O)N(C)C(=O)[N+](c3ccccc3)=C2N)cc(OC(C)=O)c1C. The van der Waals surface area contributed by atoms with Gasteiger partial charge in [-0.1, -0.05) is 18.2 Å². The summed E-state index contributed by atoms with van der Waals surface area (Å²) in [5.41, 5.74) is 6.16. The molecule has 0 spiro atoms. The van der Waals surface area contributed by atoms with Gasteiger partial charge in [0.25, 0.3) is 11.7 Å². The van der Waals surface area contributed by atoms with Crippen LogP contribution in [0.4, 0.5) is 10.5 Å². The van der Waals surface area contributed by atoms with E-state index in [2.05, 4.69) is 4.99 Å². The standard InChI is InChI=1S/C23H20N4O7/c1-12-17(33-13(2)28)10-15(11-18(12)34-14(3)29)21(30)25-19-20(24)27(16-8-6-5-7-9-16)23(32)26(4)22(19)31/h5-11,24H,1-4H3/p+1. The number of hydrogen-bond donors (Lipinski definition) is 1. The average molecular weight is 465 g/mol. The summed E-state index contributed by atoms with van der Waals surface area (Å²) < 4.78 is 11.3. The highest BCUT2D eigenvalue weighted by Gasteiger charge is 2.42. The third-order valence-corrected chi connectivity index (χ3v) is 4.76. The molecule has 0 radical (unpaired) electrons. The molecule has 0 fully saturated rings. The molecule has 1 heterocycles. The van der Waals surface area contributed by atoms with Gasteiger partial charge in [0.2, 0.25) is 5.71 Å². The molecule has 0 saturated carbocycles. The zero-order chi connectivity index (χ0) is 25.2. The number of hydrogen-bond acceptors (Lipinski definition) is 8. The Kier molecular flexibility index (Phi) is 6.66. The van der Waals surface area contributed by atoms with Crippen molar-refractivity contribution in [3.8, 4) is 11.5 Å². The molecule has 0 aliphatic carbocycles. The van der Waals surface area contributed by atoms with Crippen molar-refractivity contribution in [3.63, 3.8) is 0 Å². The minimum atomic E-state index is -0.941. The summed E-state index contributed by atoms with van der Waals surface area (Å²) in [7, 11) is 1.23. The smallest absolute Gasteiger partial charge is 0.426 e. The fourth-order valence-corrected chi connectivity index (χ4v) is 3.12. The molecule has 174 valence electrons. The fourth-order valence-electron chi connectivity index (χ4n) is 3.12. The van der Waals surface area contributed by atoms with Crippen molar-refractivity contribution in [1.29, 1.82) is 0 Å². The van der Waals surface area contributed by atoms with Gasteiger partial charge in [0.05, 0.1) is 7.05 Å². The highest BCUT2D eigenvalue weighted by Crippen LogP contribution is 2.31. The Bertz CT molecular complexity index is 1260. The van der Waals surface area contributed by atoms with Crippen LogP contribution in [0.5, 0.6) is 11.5 Å². The topological polar surface area (TPSA) is 148 Å². The Morgan fingerprint density at radius 3 is 2.00 bits per heavy atom. The number of carbonyl (C=O) groups excluding carboxylic acids is 5. The second kappa shape index (κ2) is 9.45. The largest absolute Gasteiger partial charge is 0.451 e. The first kappa shape index (κ1) is 24.0. The third kappa shape index (κ3) is 4.72. The number of para-hydroxylation sites is 1. The number of amidine groups is 1. The number of benzene rings is 2. The second-order valence-electron chi connectivity index (χ2n) is 7.25. The van der Waals surface area contributed by atoms with E-state index in [-0.39, 0.29) is 22.9 Å². The molecule has 0 bridgehead atoms. The van der Waals surface area contributed by atoms with Crippen LogP contribution in [0.3, 0.4) is 0 Å². The molecular formula is C23H21N4O7+. The zero-order valence-electron chi connectivity index (χ0n) is 18.8. The number of imide groups is 1. The van der Waals surface area contributed by atoms with E-state index in [1.54, 1.807) is 30.3 Å². The van der Waals surface area contributed by atoms with Crippen LogP contribution < -0.4 is 15.2 Å². The molecule has 0 saturated heterocycles. The number of carbonyl (C=O) groups is 5. The summed E-state index contributed by atoms with van der Waals surface area (Å²) in [5, 5.41) is 0. The first-order chi connectivity index (χ1) is 16.0. The van der Waals surface area contributed by atoms with Crippen LogP contribution in [0.25, 0.3) is 0 Å². The summed E-state index contributed by atoms with van der Waals surface area (Å²) in [6, 6.07) is 10.0. The summed E-state index contributed by atoms with van der Waals surface area (Å²) in [6.07, 6.45) is 0. The van der Waals surface area contributed by atoms with Crippen molar-refractivity contribution in [3.05, 3.63) is 53.6 Å². The molecule has 11 nitrogen and oxygen atoms in total. The van der Waals surface area contributed by atoms with E-state index < -0.39 is 35.5 Å². The number of esters is 2. The Labute approximate surface area is 194 Å². The molecule has 34 heavy (non-hydrogen) atoms. The van der Waals surface area contributed by atoms with Crippen molar-refractivity contribution in [2.24, 2.45) is 10.7 Å². The number of ether oxygens (including phenoxy) is 2. The van der Waals surface area contributed by atoms with Gasteiger partial charge in [0.15, 0.2) is 0 Å². The molecule has 11 heteroatoms. The lowest BCUT2D eigenvalue weighted by Gasteiger charge is -2.20. The van der Waals surface area contributed by atoms with Crippen LogP contribution in [-0.4, -0.2) is 57.9 Å². The first-order valence-corrected chi connectivity index (χ1v) is 9.95. The van der Waals surface area contributed by atoms with Crippen LogP contribution in [0, 0.1) is 6.92 Å². The van der Waals surface area contributed by atoms with Crippen molar-refractivity contribution >= 4 is 47.0 Å². The van der Waals surface area contributed by atoms with Gasteiger partial charge in [-0.2, -0.15) is 14.5 Å². The van der Waals surface area contributed by atoms with Crippen LogP contribution >= 0.6 is 0 Å². The number of nitrogens with zero attached hydrogens (tertiary/aromatic N) is 3. The lowest BCUT2D eigenvalue weighted by atomic mass is 10.1. The lowest BCUT2D eigenvalue weighted by molar-refractivity contribution is -0.342. The Balaban J connectivity index is 2.14. The van der Waals surface area contributed by atoms with E-state index in [0.717, 1.165) is 9.48 Å². The summed E-state index contributed by atoms with van der Waals surface area (Å²) in [6.45, 7) is 3.87. The Morgan fingerprint density at radius 1 is 0.971 bits per heavy atom. The number of urea groups is 1. The predicted octanol–water partition coefficient (Wildman–Crippen LogP) is 1.72. The molecule has 3 rings (SSSR count). The highest BCUT2D eigenvalue weighted by atomic mass is 16.5. The van der Waals surface area contributed by atoms with Gasteiger partial charge in [-0.3, -0.25) is 14.4 Å². The number of nitrogens with two attached hydrogens (primary N) is 1. The third-order valence-electron chi connectivity index (χ3n) is 4.76. The minimum Gasteiger partial charge on any atom is -0.426 e. The Morgan fingerprint density at radius 2 is 1.50 bits per heavy atom. The van der Waals surface area contributed by atoms with Gasteiger partial charge >= 0.3 is 23.9 Å². The molecule has 2 N–H and O–H groups in total. The summed E-state index contributed by atoms with van der Waals surface area (Å²) >= 11 is 0. The van der Waals surface area contributed by atoms with E-state index in [4.69, 9.17) is 15.2 Å². The van der Waals surface area contributed by atoms with Gasteiger partial charge in [0, 0.05) is 25.0 Å². The first-order valence-electron chi connectivity index (χ1n) is 9.95. The van der Waals surface area contributed by atoms with Crippen LogP contribution in [-0.2, 0) is 14.4 Å². The van der Waals surface area contributed by atoms with Gasteiger partial charge < -0.3 is 15.2 Å². The maximum Gasteiger partial charge on any atom is 0.451 e. The minimum absolute atomic E-state index is 0.0278. The second-order valence-corrected chi connectivity index (χ2v) is 7.25. The van der Waals surface area contributed by atoms with Crippen LogP contribution in [0.2, 0.25) is 0 Å². The van der Waals surface area contributed by atoms with Gasteiger partial charge in [0.1, 0.15) is 17.2 Å². The molecule has 0 aromatic heterocycles. The maximum absolute atomic E-state index is 13.0. The van der Waals surface area contributed by atoms with Crippen molar-refractivity contribution in [1.82, 2.24) is 4.90 Å². The van der Waals surface area contributed by atoms with E-state index in [9.17, 15) is 24.0 Å². The number of rotatable bonds is 4. The van der Waals surface area contributed by atoms with E-state index in [1.807, 2.05) is 0 Å². The molecule has 0 unspecified atom stereocenters. The highest BCUT2D eigenvalue weighted by molar-refractivity contribution is 6.68. The normalized spacial score (nSPS) is 14.9. The molecule has 0 atom stereocenters. The monoisotopic (exact) mass is 465 g/mol. The fraction of sp³-hybridized carbons (Fsp3) is 0.174. The predicted molar refractivity (Wildman–Crippen MR) is 119 cm³/mol. The van der Waals surface area contributed by atoms with Crippen LogP contribution in [0.1, 0.15) is 29.8 Å². The van der Waals surface area contributed by atoms with E-state index >= 15 is 0 Å². The van der Waals surface area contributed by atoms with Crippen molar-refractivity contribution < 1.29 is 38.0 Å². The zero-order valence-corrected chi connectivity index (χ0v) is 18.8. The molecule has 4 amide bonds. The number of aliphatic imine (C=N–C) groups is 1. The van der Waals surface area contributed by atoms with Gasteiger partial charge in [-0.15, -0.1) is 0 Å². The lowest BCUT2D eigenvalue weighted by Crippen LogP contribution is -2.55. The van der Waals surface area contributed by atoms with Gasteiger partial charge in [-0.05, 0) is 31.2 Å². The van der Waals surface area contributed by atoms with Gasteiger partial charge in [-0.25, -0.2) is 9.59 Å². The maximum atomic E-state index is 13.0. The molecule has 2 aromatic rings. The van der Waals surface area contributed by atoms with E-state index in [0.29, 0.717) is 11.3 Å². The molecule has 1 aliphatic rings. The molecule has 1 aliphatic heterocycles. The van der Waals surface area contributed by atoms with Crippen molar-refractivity contribution in [2.75, 3.05) is 7.05 Å².